The van der Waals surface area contributed by atoms with E-state index in [1.165, 1.54) is 11.8 Å². The highest BCUT2D eigenvalue weighted by atomic mass is 35.5. The van der Waals surface area contributed by atoms with Crippen molar-refractivity contribution in [2.24, 2.45) is 0 Å². The van der Waals surface area contributed by atoms with E-state index in [0.717, 1.165) is 0 Å². The molecule has 1 unspecified atom stereocenters. The number of halogens is 3. The van der Waals surface area contributed by atoms with Gasteiger partial charge in [-0.25, -0.2) is 13.4 Å². The van der Waals surface area contributed by atoms with Gasteiger partial charge in [-0.2, -0.15) is 13.5 Å². The maximum Gasteiger partial charge on any atom is 0.336 e. The second-order valence-corrected chi connectivity index (χ2v) is 8.88. The van der Waals surface area contributed by atoms with Gasteiger partial charge in [0.1, 0.15) is 16.9 Å². The molecule has 0 amide bonds. The second kappa shape index (κ2) is 10.1. The van der Waals surface area contributed by atoms with Crippen molar-refractivity contribution >= 4 is 21.4 Å². The molecule has 0 bridgehead atoms. The van der Waals surface area contributed by atoms with Crippen molar-refractivity contribution in [3.8, 4) is 11.4 Å². The van der Waals surface area contributed by atoms with Gasteiger partial charge in [-0.1, -0.05) is 23.7 Å². The predicted molar refractivity (Wildman–Crippen MR) is 109 cm³/mol. The molecule has 0 saturated heterocycles. The number of hydrogen-bond acceptors (Lipinski definition) is 8. The van der Waals surface area contributed by atoms with Gasteiger partial charge in [0.05, 0.1) is 24.2 Å². The number of benzene rings is 1. The number of nitrogens with one attached hydrogen (secondary N) is 1. The Balaban J connectivity index is 1.89. The Kier molecular flexibility index (Phi) is 7.46. The first-order valence-corrected chi connectivity index (χ1v) is 11.2. The van der Waals surface area contributed by atoms with Crippen LogP contribution in [0.1, 0.15) is 24.0 Å². The molecule has 1 atom stereocenters. The van der Waals surface area contributed by atoms with Crippen LogP contribution in [0.2, 0.25) is 5.15 Å². The number of tetrazole rings is 1. The highest BCUT2D eigenvalue weighted by Crippen LogP contribution is 2.23. The van der Waals surface area contributed by atoms with E-state index in [0.29, 0.717) is 23.0 Å². The largest absolute Gasteiger partial charge is 0.497 e. The van der Waals surface area contributed by atoms with Crippen LogP contribution in [0.4, 0.5) is 8.78 Å². The molecule has 13 heteroatoms. The number of sulfone groups is 1. The summed E-state index contributed by atoms with van der Waals surface area (Å²) in [4.78, 5) is 4.28. The summed E-state index contributed by atoms with van der Waals surface area (Å²) in [7, 11) is -2.91. The topological polar surface area (TPSA) is 112 Å². The average molecular weight is 473 g/mol. The quantitative estimate of drug-likeness (QED) is 0.353. The third-order valence-corrected chi connectivity index (χ3v) is 5.92. The average Bonchev–Trinajstić information content (AvgIpc) is 3.23. The molecule has 3 rings (SSSR count). The number of ether oxygens (including phenoxy) is 1. The van der Waals surface area contributed by atoms with Gasteiger partial charge in [0.15, 0.2) is 5.82 Å². The van der Waals surface area contributed by atoms with Crippen molar-refractivity contribution in [1.82, 2.24) is 30.5 Å². The minimum Gasteiger partial charge on any atom is -0.497 e. The van der Waals surface area contributed by atoms with Crippen molar-refractivity contribution in [2.75, 3.05) is 19.4 Å². The van der Waals surface area contributed by atoms with E-state index in [1.54, 1.807) is 42.5 Å². The zero-order valence-corrected chi connectivity index (χ0v) is 17.9. The molecular formula is C18H19ClF2N6O3S. The van der Waals surface area contributed by atoms with Gasteiger partial charge in [0.25, 0.3) is 0 Å². The van der Waals surface area contributed by atoms with Crippen LogP contribution in [0.3, 0.4) is 0 Å². The number of methoxy groups -OCH3 is 1. The van der Waals surface area contributed by atoms with E-state index in [4.69, 9.17) is 16.3 Å². The maximum absolute atomic E-state index is 12.6. The number of aromatic nitrogens is 5. The number of pyridine rings is 1. The summed E-state index contributed by atoms with van der Waals surface area (Å²) in [6, 6.07) is 11.4. The third kappa shape index (κ3) is 5.71. The van der Waals surface area contributed by atoms with Crippen molar-refractivity contribution in [1.29, 1.82) is 0 Å². The van der Waals surface area contributed by atoms with Crippen molar-refractivity contribution in [3.63, 3.8) is 0 Å². The molecule has 0 aliphatic rings. The summed E-state index contributed by atoms with van der Waals surface area (Å²) >= 11 is 6.03. The van der Waals surface area contributed by atoms with Gasteiger partial charge in [0.2, 0.25) is 9.84 Å². The standard InChI is InChI=1S/C18H19ClF2N6O3S/c1-30-13-6-2-5-12(11-13)27-17(24-25-26-27)16(14-7-3-8-15(19)23-14)22-9-4-10-31(28,29)18(20)21/h2-3,5-8,11,16,18,22H,4,9-10H2,1H3. The Morgan fingerprint density at radius 2 is 2.00 bits per heavy atom. The van der Waals surface area contributed by atoms with Crippen LogP contribution >= 0.6 is 11.6 Å². The molecule has 9 nitrogen and oxygen atoms in total. The normalized spacial score (nSPS) is 12.8. The fourth-order valence-electron chi connectivity index (χ4n) is 2.82. The molecule has 1 aromatic carbocycles. The van der Waals surface area contributed by atoms with Crippen LogP contribution < -0.4 is 10.1 Å². The molecule has 31 heavy (non-hydrogen) atoms. The summed E-state index contributed by atoms with van der Waals surface area (Å²) in [5.74, 6) is -3.12. The fraction of sp³-hybridized carbons (Fsp3) is 0.333. The minimum absolute atomic E-state index is 0.0372. The molecule has 2 heterocycles. The molecule has 0 aliphatic heterocycles. The van der Waals surface area contributed by atoms with E-state index >= 15 is 0 Å². The van der Waals surface area contributed by atoms with E-state index < -0.39 is 27.4 Å². The summed E-state index contributed by atoms with van der Waals surface area (Å²) in [6.07, 6.45) is -0.0372. The first-order chi connectivity index (χ1) is 14.8. The van der Waals surface area contributed by atoms with Crippen LogP contribution in [-0.4, -0.2) is 58.8 Å². The lowest BCUT2D eigenvalue weighted by Crippen LogP contribution is -2.29. The first kappa shape index (κ1) is 23.0. The number of rotatable bonds is 10. The molecule has 0 aliphatic carbocycles. The van der Waals surface area contributed by atoms with Gasteiger partial charge in [-0.15, -0.1) is 5.10 Å². The Labute approximate surface area is 182 Å². The molecule has 166 valence electrons. The number of alkyl halides is 2. The van der Waals surface area contributed by atoms with Crippen LogP contribution in [0.25, 0.3) is 5.69 Å². The summed E-state index contributed by atoms with van der Waals surface area (Å²) in [6.45, 7) is 0.0930. The second-order valence-electron chi connectivity index (χ2n) is 6.40. The molecule has 0 saturated carbocycles. The predicted octanol–water partition coefficient (Wildman–Crippen LogP) is 2.43. The summed E-state index contributed by atoms with van der Waals surface area (Å²) in [5.41, 5.74) is 1.09. The molecular weight excluding hydrogens is 454 g/mol. The molecule has 0 spiro atoms. The Morgan fingerprint density at radius 3 is 2.71 bits per heavy atom. The van der Waals surface area contributed by atoms with Gasteiger partial charge in [-0.3, -0.25) is 0 Å². The zero-order chi connectivity index (χ0) is 22.4. The highest BCUT2D eigenvalue weighted by Gasteiger charge is 2.26. The smallest absolute Gasteiger partial charge is 0.336 e. The first-order valence-electron chi connectivity index (χ1n) is 9.10. The summed E-state index contributed by atoms with van der Waals surface area (Å²) in [5, 5.41) is 15.2. The maximum atomic E-state index is 12.6. The monoisotopic (exact) mass is 472 g/mol. The van der Waals surface area contributed by atoms with Crippen molar-refractivity contribution in [3.05, 3.63) is 59.1 Å². The van der Waals surface area contributed by atoms with E-state index in [1.807, 2.05) is 0 Å². The Morgan fingerprint density at radius 1 is 1.23 bits per heavy atom. The van der Waals surface area contributed by atoms with Gasteiger partial charge < -0.3 is 10.1 Å². The third-order valence-electron chi connectivity index (χ3n) is 4.31. The van der Waals surface area contributed by atoms with Crippen LogP contribution in [0.5, 0.6) is 5.75 Å². The highest BCUT2D eigenvalue weighted by molar-refractivity contribution is 7.91. The Hall–Kier alpha value is -2.70. The molecule has 3 aromatic rings. The van der Waals surface area contributed by atoms with Gasteiger partial charge >= 0.3 is 5.76 Å². The van der Waals surface area contributed by atoms with Crippen molar-refractivity contribution in [2.45, 2.75) is 18.2 Å². The SMILES string of the molecule is COc1cccc(-n2nnnc2C(NCCCS(=O)(=O)C(F)F)c2cccc(Cl)n2)c1. The van der Waals surface area contributed by atoms with Crippen LogP contribution in [0, 0.1) is 0 Å². The zero-order valence-electron chi connectivity index (χ0n) is 16.3. The lowest BCUT2D eigenvalue weighted by atomic mass is 10.1. The summed E-state index contributed by atoms with van der Waals surface area (Å²) < 4.78 is 54.6. The van der Waals surface area contributed by atoms with Crippen LogP contribution in [0.15, 0.2) is 42.5 Å². The number of nitrogens with zero attached hydrogens (tertiary/aromatic N) is 5. The van der Waals surface area contributed by atoms with E-state index in [2.05, 4.69) is 25.8 Å². The van der Waals surface area contributed by atoms with Crippen LogP contribution in [-0.2, 0) is 9.84 Å². The fourth-order valence-corrected chi connectivity index (χ4v) is 3.72. The van der Waals surface area contributed by atoms with Gasteiger partial charge in [-0.05, 0) is 47.7 Å². The Bertz CT molecular complexity index is 1130. The molecule has 2 aromatic heterocycles. The van der Waals surface area contributed by atoms with Crippen molar-refractivity contribution < 1.29 is 21.9 Å². The lowest BCUT2D eigenvalue weighted by molar-refractivity contribution is 0.234. The molecule has 1 N–H and O–H groups in total. The molecule has 0 fully saturated rings. The number of hydrogen-bond donors (Lipinski definition) is 1. The van der Waals surface area contributed by atoms with E-state index in [-0.39, 0.29) is 18.1 Å². The van der Waals surface area contributed by atoms with E-state index in [9.17, 15) is 17.2 Å². The molecule has 0 radical (unpaired) electrons. The van der Waals surface area contributed by atoms with Gasteiger partial charge in [0, 0.05) is 6.07 Å². The minimum atomic E-state index is -4.45. The lowest BCUT2D eigenvalue weighted by Gasteiger charge is -2.18.